The van der Waals surface area contributed by atoms with E-state index in [1.54, 1.807) is 6.92 Å². The minimum Gasteiger partial charge on any atom is -0.378 e. The van der Waals surface area contributed by atoms with Gasteiger partial charge < -0.3 is 9.64 Å². The maximum absolute atomic E-state index is 12.9. The maximum atomic E-state index is 12.9. The van der Waals surface area contributed by atoms with Crippen LogP contribution in [0.1, 0.15) is 20.2 Å². The number of aryl methyl sites for hydroxylation is 1. The van der Waals surface area contributed by atoms with Crippen LogP contribution in [0.3, 0.4) is 0 Å². The third kappa shape index (κ3) is 9.50. The summed E-state index contributed by atoms with van der Waals surface area (Å²) in [6.07, 6.45) is 1.79. The highest BCUT2D eigenvalue weighted by Crippen LogP contribution is 2.09. The number of rotatable bonds is 1. The van der Waals surface area contributed by atoms with E-state index in [2.05, 4.69) is 24.9 Å². The molecular weight excluding hydrogens is 337 g/mol. The second-order valence-electron chi connectivity index (χ2n) is 4.35. The zero-order valence-electron chi connectivity index (χ0n) is 13.5. The van der Waals surface area contributed by atoms with Crippen LogP contribution in [0.5, 0.6) is 0 Å². The monoisotopic (exact) mass is 360 g/mol. The number of anilines is 1. The summed E-state index contributed by atoms with van der Waals surface area (Å²) >= 11 is 0. The van der Waals surface area contributed by atoms with E-state index in [-0.39, 0.29) is 14.1 Å². The highest BCUT2D eigenvalue weighted by atomic mass is 19.1. The standard InChI is InChI=1S/C8H11FN4O.C4H3FN2.C2H5F.CH4/c1-6-10-7(9)12-8(11-6)13-2-4-14-5-3-13;5-4-1-2-6-3-7-4;1-2-3;/h2-5H2,1H3;1-3H;2H2,1H3;1H4. The Kier molecular flexibility index (Phi) is 11.8. The molecule has 0 spiro atoms. The van der Waals surface area contributed by atoms with Crippen LogP contribution in [0.15, 0.2) is 18.6 Å². The van der Waals surface area contributed by atoms with E-state index in [0.717, 1.165) is 6.33 Å². The molecule has 3 rings (SSSR count). The Bertz CT molecular complexity index is 564. The predicted molar refractivity (Wildman–Crippen MR) is 87.9 cm³/mol. The molecule has 1 fully saturated rings. The molecule has 2 aromatic rings. The maximum Gasteiger partial charge on any atom is 0.313 e. The molecule has 0 atom stereocenters. The molecule has 10 heteroatoms. The topological polar surface area (TPSA) is 76.9 Å². The van der Waals surface area contributed by atoms with Crippen molar-refractivity contribution in [1.82, 2.24) is 24.9 Å². The Labute approximate surface area is 145 Å². The van der Waals surface area contributed by atoms with Crippen molar-refractivity contribution >= 4 is 5.95 Å². The van der Waals surface area contributed by atoms with E-state index in [1.165, 1.54) is 19.2 Å². The molecule has 3 heterocycles. The van der Waals surface area contributed by atoms with Gasteiger partial charge in [0.2, 0.25) is 11.9 Å². The van der Waals surface area contributed by atoms with Crippen molar-refractivity contribution < 1.29 is 17.9 Å². The Morgan fingerprint density at radius 2 is 1.80 bits per heavy atom. The second kappa shape index (κ2) is 13.0. The SMILES string of the molecule is C.CCF.Cc1nc(F)nc(N2CCOCC2)n1.Fc1ccncn1. The van der Waals surface area contributed by atoms with Crippen LogP contribution in [0, 0.1) is 18.9 Å². The van der Waals surface area contributed by atoms with Crippen LogP contribution >= 0.6 is 0 Å². The fraction of sp³-hybridized carbons (Fsp3) is 0.533. The summed E-state index contributed by atoms with van der Waals surface area (Å²) in [6, 6.07) is 1.19. The second-order valence-corrected chi connectivity index (χ2v) is 4.35. The van der Waals surface area contributed by atoms with Gasteiger partial charge in [0, 0.05) is 25.4 Å². The van der Waals surface area contributed by atoms with E-state index in [0.29, 0.717) is 38.1 Å². The highest BCUT2D eigenvalue weighted by Gasteiger charge is 2.15. The lowest BCUT2D eigenvalue weighted by atomic mass is 10.4. The first-order valence-electron chi connectivity index (χ1n) is 7.25. The fourth-order valence-electron chi connectivity index (χ4n) is 1.62. The van der Waals surface area contributed by atoms with Gasteiger partial charge in [0.15, 0.2) is 0 Å². The molecule has 0 bridgehead atoms. The van der Waals surface area contributed by atoms with Gasteiger partial charge in [-0.25, -0.2) is 9.97 Å². The first kappa shape index (κ1) is 22.6. The third-order valence-electron chi connectivity index (χ3n) is 2.55. The minimum absolute atomic E-state index is 0. The number of ether oxygens (including phenoxy) is 1. The molecule has 0 amide bonds. The van der Waals surface area contributed by atoms with Crippen LogP contribution in [-0.2, 0) is 4.74 Å². The molecular formula is C15H23F3N6O. The smallest absolute Gasteiger partial charge is 0.313 e. The van der Waals surface area contributed by atoms with Crippen molar-refractivity contribution in [3.05, 3.63) is 36.4 Å². The summed E-state index contributed by atoms with van der Waals surface area (Å²) in [5.41, 5.74) is 0. The first-order valence-corrected chi connectivity index (χ1v) is 7.25. The lowest BCUT2D eigenvalue weighted by Crippen LogP contribution is -2.37. The summed E-state index contributed by atoms with van der Waals surface area (Å²) in [6.45, 7) is 5.51. The lowest BCUT2D eigenvalue weighted by molar-refractivity contribution is 0.122. The molecule has 1 aliphatic rings. The first-order chi connectivity index (χ1) is 11.6. The number of nitrogens with zero attached hydrogens (tertiary/aromatic N) is 6. The zero-order chi connectivity index (χ0) is 17.8. The zero-order valence-corrected chi connectivity index (χ0v) is 13.5. The van der Waals surface area contributed by atoms with Gasteiger partial charge in [-0.3, -0.25) is 4.39 Å². The van der Waals surface area contributed by atoms with Crippen molar-refractivity contribution in [1.29, 1.82) is 0 Å². The number of morpholine rings is 1. The molecule has 0 aromatic carbocycles. The van der Waals surface area contributed by atoms with Crippen molar-refractivity contribution in [2.75, 3.05) is 37.9 Å². The lowest BCUT2D eigenvalue weighted by Gasteiger charge is -2.26. The Hall–Kier alpha value is -2.36. The molecule has 1 aliphatic heterocycles. The highest BCUT2D eigenvalue weighted by molar-refractivity contribution is 5.28. The largest absolute Gasteiger partial charge is 0.378 e. The van der Waals surface area contributed by atoms with Gasteiger partial charge in [0.25, 0.3) is 0 Å². The van der Waals surface area contributed by atoms with Crippen molar-refractivity contribution in [2.45, 2.75) is 21.3 Å². The molecule has 0 N–H and O–H groups in total. The third-order valence-corrected chi connectivity index (χ3v) is 2.55. The van der Waals surface area contributed by atoms with Crippen molar-refractivity contribution in [2.24, 2.45) is 0 Å². The van der Waals surface area contributed by atoms with Gasteiger partial charge in [0.05, 0.1) is 19.9 Å². The van der Waals surface area contributed by atoms with Gasteiger partial charge >= 0.3 is 6.08 Å². The number of halogens is 3. The van der Waals surface area contributed by atoms with Gasteiger partial charge in [0.1, 0.15) is 12.2 Å². The Morgan fingerprint density at radius 3 is 2.24 bits per heavy atom. The van der Waals surface area contributed by atoms with Crippen molar-refractivity contribution in [3.63, 3.8) is 0 Å². The molecule has 7 nitrogen and oxygen atoms in total. The van der Waals surface area contributed by atoms with E-state index in [4.69, 9.17) is 4.74 Å². The molecule has 25 heavy (non-hydrogen) atoms. The van der Waals surface area contributed by atoms with Crippen LogP contribution < -0.4 is 4.90 Å². The Balaban J connectivity index is 0.000000442. The summed E-state index contributed by atoms with van der Waals surface area (Å²) in [5, 5.41) is 0. The van der Waals surface area contributed by atoms with Crippen LogP contribution in [0.4, 0.5) is 19.1 Å². The predicted octanol–water partition coefficient (Wildman–Crippen LogP) is 2.38. The van der Waals surface area contributed by atoms with Gasteiger partial charge in [-0.2, -0.15) is 23.7 Å². The molecule has 0 aliphatic carbocycles. The molecule has 0 radical (unpaired) electrons. The summed E-state index contributed by atoms with van der Waals surface area (Å²) in [4.78, 5) is 19.8. The van der Waals surface area contributed by atoms with Gasteiger partial charge in [-0.15, -0.1) is 0 Å². The van der Waals surface area contributed by atoms with Gasteiger partial charge in [-0.1, -0.05) is 7.43 Å². The number of aromatic nitrogens is 5. The van der Waals surface area contributed by atoms with E-state index >= 15 is 0 Å². The minimum atomic E-state index is -0.723. The quantitative estimate of drug-likeness (QED) is 0.723. The number of hydrogen-bond donors (Lipinski definition) is 0. The van der Waals surface area contributed by atoms with Crippen LogP contribution in [0.2, 0.25) is 0 Å². The molecule has 1 saturated heterocycles. The molecule has 140 valence electrons. The molecule has 2 aromatic heterocycles. The normalized spacial score (nSPS) is 12.8. The number of hydrogen-bond acceptors (Lipinski definition) is 7. The summed E-state index contributed by atoms with van der Waals surface area (Å²) in [5.74, 6) is 0.312. The number of alkyl halides is 1. The van der Waals surface area contributed by atoms with Crippen molar-refractivity contribution in [3.8, 4) is 0 Å². The van der Waals surface area contributed by atoms with Crippen LogP contribution in [0.25, 0.3) is 0 Å². The summed E-state index contributed by atoms with van der Waals surface area (Å²) in [7, 11) is 0. The average molecular weight is 360 g/mol. The van der Waals surface area contributed by atoms with Gasteiger partial charge in [-0.05, 0) is 13.8 Å². The Morgan fingerprint density at radius 1 is 1.16 bits per heavy atom. The molecule has 0 unspecified atom stereocenters. The van der Waals surface area contributed by atoms with E-state index in [1.807, 2.05) is 4.90 Å². The fourth-order valence-corrected chi connectivity index (χ4v) is 1.62. The summed E-state index contributed by atoms with van der Waals surface area (Å²) < 4.78 is 40.1. The van der Waals surface area contributed by atoms with E-state index < -0.39 is 12.0 Å². The molecule has 0 saturated carbocycles. The van der Waals surface area contributed by atoms with Crippen LogP contribution in [-0.4, -0.2) is 57.9 Å². The van der Waals surface area contributed by atoms with E-state index in [9.17, 15) is 13.2 Å². The average Bonchev–Trinajstić information content (AvgIpc) is 2.57.